The van der Waals surface area contributed by atoms with Crippen LogP contribution in [-0.4, -0.2) is 35.1 Å². The minimum Gasteiger partial charge on any atom is -0.455 e. The number of amides is 2. The van der Waals surface area contributed by atoms with E-state index < -0.39 is 24.4 Å². The van der Waals surface area contributed by atoms with Gasteiger partial charge in [-0.3, -0.25) is 14.4 Å². The van der Waals surface area contributed by atoms with Gasteiger partial charge in [0.05, 0.1) is 11.3 Å². The molecule has 0 spiro atoms. The van der Waals surface area contributed by atoms with Crippen molar-refractivity contribution in [3.63, 3.8) is 0 Å². The van der Waals surface area contributed by atoms with Gasteiger partial charge in [-0.05, 0) is 56.2 Å². The Balaban J connectivity index is 1.91. The number of rotatable bonds is 7. The molecule has 0 atom stereocenters. The average molecular weight is 422 g/mol. The fourth-order valence-electron chi connectivity index (χ4n) is 2.35. The highest BCUT2D eigenvalue weighted by atomic mass is 35.5. The SMILES string of the molecule is Cc1nc(SCC(=O)OCC(=O)Nc2ccc(Cl)cc2)c(C(N)=O)c(C)c1C. The summed E-state index contributed by atoms with van der Waals surface area (Å²) in [6.45, 7) is 5.03. The number of nitrogens with one attached hydrogen (secondary N) is 1. The third kappa shape index (κ3) is 5.71. The summed E-state index contributed by atoms with van der Waals surface area (Å²) in [6.07, 6.45) is 0. The number of halogens is 1. The van der Waals surface area contributed by atoms with Crippen molar-refractivity contribution < 1.29 is 19.1 Å². The highest BCUT2D eigenvalue weighted by Crippen LogP contribution is 2.26. The van der Waals surface area contributed by atoms with Crippen LogP contribution >= 0.6 is 23.4 Å². The van der Waals surface area contributed by atoms with Crippen LogP contribution < -0.4 is 11.1 Å². The molecule has 148 valence electrons. The molecular weight excluding hydrogens is 402 g/mol. The molecule has 0 saturated carbocycles. The van der Waals surface area contributed by atoms with Gasteiger partial charge in [-0.2, -0.15) is 0 Å². The number of esters is 1. The van der Waals surface area contributed by atoms with E-state index in [0.717, 1.165) is 28.6 Å². The Labute approximate surface area is 172 Å². The van der Waals surface area contributed by atoms with E-state index in [1.807, 2.05) is 13.8 Å². The second-order valence-electron chi connectivity index (χ2n) is 6.00. The number of carbonyl (C=O) groups excluding carboxylic acids is 3. The zero-order valence-corrected chi connectivity index (χ0v) is 17.2. The number of hydrogen-bond donors (Lipinski definition) is 2. The van der Waals surface area contributed by atoms with Crippen molar-refractivity contribution in [3.8, 4) is 0 Å². The molecule has 2 rings (SSSR count). The van der Waals surface area contributed by atoms with E-state index in [-0.39, 0.29) is 5.75 Å². The topological polar surface area (TPSA) is 111 Å². The van der Waals surface area contributed by atoms with Gasteiger partial charge < -0.3 is 15.8 Å². The van der Waals surface area contributed by atoms with E-state index in [0.29, 0.717) is 21.3 Å². The average Bonchev–Trinajstić information content (AvgIpc) is 2.64. The van der Waals surface area contributed by atoms with Gasteiger partial charge in [0.2, 0.25) is 0 Å². The summed E-state index contributed by atoms with van der Waals surface area (Å²) in [5.41, 5.74) is 8.65. The first kappa shape index (κ1) is 21.7. The first-order valence-electron chi connectivity index (χ1n) is 8.30. The molecule has 7 nitrogen and oxygen atoms in total. The molecule has 28 heavy (non-hydrogen) atoms. The number of nitrogens with two attached hydrogens (primary N) is 1. The molecule has 3 N–H and O–H groups in total. The van der Waals surface area contributed by atoms with Gasteiger partial charge in [0.1, 0.15) is 5.03 Å². The zero-order valence-electron chi connectivity index (χ0n) is 15.7. The van der Waals surface area contributed by atoms with Crippen molar-refractivity contribution in [1.82, 2.24) is 4.98 Å². The minimum absolute atomic E-state index is 0.108. The second-order valence-corrected chi connectivity index (χ2v) is 7.40. The maximum atomic E-state index is 12.0. The lowest BCUT2D eigenvalue weighted by atomic mass is 10.0. The molecule has 0 radical (unpaired) electrons. The summed E-state index contributed by atoms with van der Waals surface area (Å²) < 4.78 is 4.96. The van der Waals surface area contributed by atoms with Crippen molar-refractivity contribution in [2.75, 3.05) is 17.7 Å². The van der Waals surface area contributed by atoms with Crippen LogP contribution in [0.15, 0.2) is 29.3 Å². The van der Waals surface area contributed by atoms with Crippen LogP contribution in [0.2, 0.25) is 5.02 Å². The molecule has 2 aromatic rings. The summed E-state index contributed by atoms with van der Waals surface area (Å²) in [7, 11) is 0. The number of aromatic nitrogens is 1. The zero-order chi connectivity index (χ0) is 20.8. The Kier molecular flexibility index (Phi) is 7.42. The van der Waals surface area contributed by atoms with Crippen molar-refractivity contribution >= 4 is 46.8 Å². The number of anilines is 1. The summed E-state index contributed by atoms with van der Waals surface area (Å²) in [6, 6.07) is 6.54. The van der Waals surface area contributed by atoms with Crippen LogP contribution in [0.25, 0.3) is 0 Å². The van der Waals surface area contributed by atoms with E-state index in [1.54, 1.807) is 31.2 Å². The lowest BCUT2D eigenvalue weighted by Crippen LogP contribution is -2.22. The normalized spacial score (nSPS) is 10.4. The lowest BCUT2D eigenvalue weighted by molar-refractivity contribution is -0.144. The number of ether oxygens (including phenoxy) is 1. The number of primary amides is 1. The summed E-state index contributed by atoms with van der Waals surface area (Å²) in [5, 5.41) is 3.51. The minimum atomic E-state index is -0.607. The second kappa shape index (κ2) is 9.57. The van der Waals surface area contributed by atoms with E-state index in [4.69, 9.17) is 22.1 Å². The fourth-order valence-corrected chi connectivity index (χ4v) is 3.41. The van der Waals surface area contributed by atoms with E-state index in [9.17, 15) is 14.4 Å². The molecule has 1 heterocycles. The first-order chi connectivity index (χ1) is 13.2. The molecule has 0 fully saturated rings. The molecular formula is C19H20ClN3O4S. The predicted molar refractivity (Wildman–Crippen MR) is 109 cm³/mol. The molecule has 0 aliphatic carbocycles. The number of hydrogen-bond acceptors (Lipinski definition) is 6. The molecule has 0 saturated heterocycles. The van der Waals surface area contributed by atoms with Crippen LogP contribution in [0, 0.1) is 20.8 Å². The first-order valence-corrected chi connectivity index (χ1v) is 9.66. The number of thioether (sulfide) groups is 1. The van der Waals surface area contributed by atoms with Crippen LogP contribution in [0.1, 0.15) is 27.2 Å². The summed E-state index contributed by atoms with van der Waals surface area (Å²) in [4.78, 5) is 39.9. The smallest absolute Gasteiger partial charge is 0.316 e. The maximum absolute atomic E-state index is 12.0. The number of benzene rings is 1. The quantitative estimate of drug-likeness (QED) is 0.525. The Morgan fingerprint density at radius 3 is 2.39 bits per heavy atom. The number of pyridine rings is 1. The number of nitrogens with zero attached hydrogens (tertiary/aromatic N) is 1. The molecule has 1 aromatic carbocycles. The Hall–Kier alpha value is -2.58. The van der Waals surface area contributed by atoms with Gasteiger partial charge >= 0.3 is 5.97 Å². The van der Waals surface area contributed by atoms with E-state index in [1.165, 1.54) is 0 Å². The van der Waals surface area contributed by atoms with Crippen LogP contribution in [0.4, 0.5) is 5.69 Å². The number of carbonyl (C=O) groups is 3. The van der Waals surface area contributed by atoms with Gasteiger partial charge in [0.25, 0.3) is 11.8 Å². The summed E-state index contributed by atoms with van der Waals surface area (Å²) >= 11 is 6.82. The van der Waals surface area contributed by atoms with Crippen molar-refractivity contribution in [2.24, 2.45) is 5.73 Å². The van der Waals surface area contributed by atoms with Crippen molar-refractivity contribution in [2.45, 2.75) is 25.8 Å². The molecule has 0 bridgehead atoms. The highest BCUT2D eigenvalue weighted by molar-refractivity contribution is 8.00. The Morgan fingerprint density at radius 1 is 1.14 bits per heavy atom. The largest absolute Gasteiger partial charge is 0.455 e. The molecule has 0 aliphatic heterocycles. The monoisotopic (exact) mass is 421 g/mol. The van der Waals surface area contributed by atoms with Gasteiger partial charge in [-0.25, -0.2) is 4.98 Å². The molecule has 0 unspecified atom stereocenters. The van der Waals surface area contributed by atoms with Gasteiger partial charge in [-0.15, -0.1) is 0 Å². The van der Waals surface area contributed by atoms with E-state index in [2.05, 4.69) is 10.3 Å². The predicted octanol–water partition coefficient (Wildman–Crippen LogP) is 3.03. The summed E-state index contributed by atoms with van der Waals surface area (Å²) in [5.74, 6) is -1.79. The Morgan fingerprint density at radius 2 is 1.79 bits per heavy atom. The molecule has 2 amide bonds. The maximum Gasteiger partial charge on any atom is 0.316 e. The van der Waals surface area contributed by atoms with Crippen LogP contribution in [-0.2, 0) is 14.3 Å². The fraction of sp³-hybridized carbons (Fsp3) is 0.263. The van der Waals surface area contributed by atoms with Gasteiger partial charge in [0.15, 0.2) is 6.61 Å². The lowest BCUT2D eigenvalue weighted by Gasteiger charge is -2.13. The Bertz CT molecular complexity index is 916. The van der Waals surface area contributed by atoms with E-state index >= 15 is 0 Å². The molecule has 9 heteroatoms. The molecule has 1 aromatic heterocycles. The van der Waals surface area contributed by atoms with Gasteiger partial charge in [-0.1, -0.05) is 23.4 Å². The number of aryl methyl sites for hydroxylation is 1. The van der Waals surface area contributed by atoms with Crippen LogP contribution in [0.5, 0.6) is 0 Å². The highest BCUT2D eigenvalue weighted by Gasteiger charge is 2.19. The standard InChI is InChI=1S/C19H20ClN3O4S/c1-10-11(2)17(18(21)26)19(22-12(10)3)28-9-16(25)27-8-15(24)23-14-6-4-13(20)5-7-14/h4-7H,8-9H2,1-3H3,(H2,21,26)(H,23,24). The third-order valence-electron chi connectivity index (χ3n) is 4.03. The third-order valence-corrected chi connectivity index (χ3v) is 5.23. The molecule has 0 aliphatic rings. The van der Waals surface area contributed by atoms with Gasteiger partial charge in [0, 0.05) is 16.4 Å². The van der Waals surface area contributed by atoms with Crippen molar-refractivity contribution in [3.05, 3.63) is 51.7 Å². The van der Waals surface area contributed by atoms with Crippen LogP contribution in [0.3, 0.4) is 0 Å². The van der Waals surface area contributed by atoms with Crippen molar-refractivity contribution in [1.29, 1.82) is 0 Å².